The van der Waals surface area contributed by atoms with E-state index in [-0.39, 0.29) is 5.82 Å². The van der Waals surface area contributed by atoms with Gasteiger partial charge in [0.2, 0.25) is 0 Å². The van der Waals surface area contributed by atoms with E-state index in [0.717, 1.165) is 22.7 Å². The number of hydrogen-bond donors (Lipinski definition) is 0. The molecule has 1 saturated carbocycles. The van der Waals surface area contributed by atoms with Gasteiger partial charge in [0, 0.05) is 11.6 Å². The van der Waals surface area contributed by atoms with Crippen molar-refractivity contribution in [3.8, 4) is 0 Å². The second-order valence-corrected chi connectivity index (χ2v) is 7.75. The second kappa shape index (κ2) is 7.11. The highest BCUT2D eigenvalue weighted by Gasteiger charge is 2.30. The van der Waals surface area contributed by atoms with Crippen molar-refractivity contribution in [3.63, 3.8) is 0 Å². The Balaban J connectivity index is 1.48. The van der Waals surface area contributed by atoms with Crippen LogP contribution in [0.15, 0.2) is 54.8 Å². The third kappa shape index (κ3) is 3.40. The van der Waals surface area contributed by atoms with Gasteiger partial charge in [0.1, 0.15) is 5.82 Å². The van der Waals surface area contributed by atoms with E-state index in [2.05, 4.69) is 42.3 Å². The number of nitrogens with zero attached hydrogens (tertiary/aromatic N) is 1. The quantitative estimate of drug-likeness (QED) is 0.631. The van der Waals surface area contributed by atoms with Crippen molar-refractivity contribution in [3.05, 3.63) is 66.1 Å². The minimum atomic E-state index is -0.166. The van der Waals surface area contributed by atoms with Crippen molar-refractivity contribution in [1.82, 2.24) is 4.98 Å². The topological polar surface area (TPSA) is 12.9 Å². The van der Waals surface area contributed by atoms with Gasteiger partial charge in [0.05, 0.1) is 5.52 Å². The van der Waals surface area contributed by atoms with E-state index in [9.17, 15) is 4.39 Å². The van der Waals surface area contributed by atoms with Crippen LogP contribution in [-0.2, 0) is 0 Å². The summed E-state index contributed by atoms with van der Waals surface area (Å²) in [4.78, 5) is 4.40. The zero-order valence-electron chi connectivity index (χ0n) is 14.9. The van der Waals surface area contributed by atoms with E-state index in [0.29, 0.717) is 11.8 Å². The molecule has 25 heavy (non-hydrogen) atoms. The Bertz CT molecular complexity index is 799. The van der Waals surface area contributed by atoms with Crippen LogP contribution in [0, 0.1) is 23.6 Å². The van der Waals surface area contributed by atoms with Gasteiger partial charge in [-0.25, -0.2) is 4.39 Å². The molecule has 0 saturated heterocycles. The zero-order valence-corrected chi connectivity index (χ0v) is 14.9. The summed E-state index contributed by atoms with van der Waals surface area (Å²) in [6.45, 7) is 2.43. The Morgan fingerprint density at radius 1 is 1.08 bits per heavy atom. The standard InChI is InChI=1S/C23H26FN/c1-16(17-5-3-2-4-6-17)18-7-9-19(10-8-18)21-13-14-25-23-12-11-20(24)15-22(21)23/h2-5,11-19H,6-10H2,1H3. The van der Waals surface area contributed by atoms with Gasteiger partial charge < -0.3 is 0 Å². The Labute approximate surface area is 149 Å². The molecule has 1 fully saturated rings. The first kappa shape index (κ1) is 16.5. The minimum absolute atomic E-state index is 0.166. The number of rotatable bonds is 3. The third-order valence-electron chi connectivity index (χ3n) is 6.38. The van der Waals surface area contributed by atoms with Gasteiger partial charge in [-0.05, 0) is 85.6 Å². The number of fused-ring (bicyclic) bond motifs is 1. The molecule has 0 amide bonds. The van der Waals surface area contributed by atoms with Gasteiger partial charge in [-0.15, -0.1) is 0 Å². The average molecular weight is 335 g/mol. The van der Waals surface area contributed by atoms with Crippen LogP contribution in [0.3, 0.4) is 0 Å². The Kier molecular flexibility index (Phi) is 4.70. The van der Waals surface area contributed by atoms with Crippen molar-refractivity contribution < 1.29 is 4.39 Å². The normalized spacial score (nSPS) is 27.5. The maximum absolute atomic E-state index is 13.7. The van der Waals surface area contributed by atoms with Gasteiger partial charge in [-0.2, -0.15) is 0 Å². The monoisotopic (exact) mass is 335 g/mol. The fourth-order valence-corrected chi connectivity index (χ4v) is 4.79. The molecule has 0 N–H and O–H groups in total. The lowest BCUT2D eigenvalue weighted by Crippen LogP contribution is -2.24. The van der Waals surface area contributed by atoms with Crippen molar-refractivity contribution >= 4 is 10.9 Å². The summed E-state index contributed by atoms with van der Waals surface area (Å²) in [7, 11) is 0. The van der Waals surface area contributed by atoms with E-state index in [1.807, 2.05) is 6.20 Å². The molecule has 4 rings (SSSR count). The predicted octanol–water partition coefficient (Wildman–Crippen LogP) is 6.42. The van der Waals surface area contributed by atoms with Crippen molar-refractivity contribution in [2.24, 2.45) is 17.8 Å². The molecule has 1 heterocycles. The number of pyridine rings is 1. The summed E-state index contributed by atoms with van der Waals surface area (Å²) in [5.74, 6) is 2.62. The van der Waals surface area contributed by atoms with E-state index >= 15 is 0 Å². The molecule has 0 aliphatic heterocycles. The van der Waals surface area contributed by atoms with E-state index in [4.69, 9.17) is 0 Å². The lowest BCUT2D eigenvalue weighted by Gasteiger charge is -2.36. The first-order chi connectivity index (χ1) is 12.2. The van der Waals surface area contributed by atoms with Crippen molar-refractivity contribution in [1.29, 1.82) is 0 Å². The SMILES string of the molecule is CC(C1C=CC=CC1)C1CCC(c2ccnc3ccc(F)cc23)CC1. The van der Waals surface area contributed by atoms with E-state index < -0.39 is 0 Å². The van der Waals surface area contributed by atoms with Crippen LogP contribution in [0.25, 0.3) is 10.9 Å². The zero-order chi connectivity index (χ0) is 17.2. The van der Waals surface area contributed by atoms with Gasteiger partial charge in [0.25, 0.3) is 0 Å². The fourth-order valence-electron chi connectivity index (χ4n) is 4.79. The van der Waals surface area contributed by atoms with E-state index in [1.165, 1.54) is 43.7 Å². The summed E-state index contributed by atoms with van der Waals surface area (Å²) in [6, 6.07) is 7.06. The molecular weight excluding hydrogens is 309 g/mol. The van der Waals surface area contributed by atoms with Gasteiger partial charge in [-0.1, -0.05) is 31.2 Å². The highest BCUT2D eigenvalue weighted by molar-refractivity contribution is 5.82. The third-order valence-corrected chi connectivity index (χ3v) is 6.38. The van der Waals surface area contributed by atoms with Crippen LogP contribution in [0.5, 0.6) is 0 Å². The lowest BCUT2D eigenvalue weighted by molar-refractivity contribution is 0.206. The molecule has 0 spiro atoms. The van der Waals surface area contributed by atoms with Gasteiger partial charge in [-0.3, -0.25) is 4.98 Å². The second-order valence-electron chi connectivity index (χ2n) is 7.75. The molecule has 2 unspecified atom stereocenters. The maximum Gasteiger partial charge on any atom is 0.123 e. The average Bonchev–Trinajstić information content (AvgIpc) is 2.68. The number of hydrogen-bond acceptors (Lipinski definition) is 1. The number of allylic oxidation sites excluding steroid dienone is 4. The van der Waals surface area contributed by atoms with Crippen LogP contribution in [-0.4, -0.2) is 4.98 Å². The molecular formula is C23H26FN. The molecule has 2 aromatic rings. The first-order valence-electron chi connectivity index (χ1n) is 9.60. The summed E-state index contributed by atoms with van der Waals surface area (Å²) in [5.41, 5.74) is 2.20. The summed E-state index contributed by atoms with van der Waals surface area (Å²) in [6.07, 6.45) is 17.1. The molecule has 2 atom stereocenters. The predicted molar refractivity (Wildman–Crippen MR) is 102 cm³/mol. The summed E-state index contributed by atoms with van der Waals surface area (Å²) in [5, 5.41) is 0.999. The summed E-state index contributed by atoms with van der Waals surface area (Å²) >= 11 is 0. The van der Waals surface area contributed by atoms with Crippen LogP contribution in [0.2, 0.25) is 0 Å². The molecule has 1 aromatic carbocycles. The Morgan fingerprint density at radius 3 is 2.68 bits per heavy atom. The lowest BCUT2D eigenvalue weighted by atomic mass is 9.69. The number of benzene rings is 1. The highest BCUT2D eigenvalue weighted by Crippen LogP contribution is 2.43. The first-order valence-corrected chi connectivity index (χ1v) is 9.60. The fraction of sp³-hybridized carbons (Fsp3) is 0.435. The molecule has 0 bridgehead atoms. The molecule has 0 radical (unpaired) electrons. The molecule has 2 aliphatic carbocycles. The van der Waals surface area contributed by atoms with Crippen LogP contribution >= 0.6 is 0 Å². The molecule has 1 aromatic heterocycles. The number of aromatic nitrogens is 1. The van der Waals surface area contributed by atoms with Gasteiger partial charge in [0.15, 0.2) is 0 Å². The highest BCUT2D eigenvalue weighted by atomic mass is 19.1. The Morgan fingerprint density at radius 2 is 1.92 bits per heavy atom. The van der Waals surface area contributed by atoms with Crippen molar-refractivity contribution in [2.45, 2.75) is 44.9 Å². The molecule has 2 aliphatic rings. The molecule has 2 heteroatoms. The van der Waals surface area contributed by atoms with Crippen LogP contribution in [0.1, 0.15) is 50.5 Å². The smallest absolute Gasteiger partial charge is 0.123 e. The molecule has 1 nitrogen and oxygen atoms in total. The summed E-state index contributed by atoms with van der Waals surface area (Å²) < 4.78 is 13.7. The number of halogens is 1. The van der Waals surface area contributed by atoms with E-state index in [1.54, 1.807) is 12.1 Å². The van der Waals surface area contributed by atoms with Crippen LogP contribution in [0.4, 0.5) is 4.39 Å². The van der Waals surface area contributed by atoms with Crippen molar-refractivity contribution in [2.75, 3.05) is 0 Å². The Hall–Kier alpha value is -1.96. The largest absolute Gasteiger partial charge is 0.256 e. The maximum atomic E-state index is 13.7. The molecule has 130 valence electrons. The minimum Gasteiger partial charge on any atom is -0.256 e. The van der Waals surface area contributed by atoms with Crippen LogP contribution < -0.4 is 0 Å². The van der Waals surface area contributed by atoms with Gasteiger partial charge >= 0.3 is 0 Å².